The fourth-order valence-electron chi connectivity index (χ4n) is 1.30. The molecule has 12 heavy (non-hydrogen) atoms. The lowest BCUT2D eigenvalue weighted by atomic mass is 10.0. The van der Waals surface area contributed by atoms with Crippen molar-refractivity contribution in [1.82, 2.24) is 15.4 Å². The summed E-state index contributed by atoms with van der Waals surface area (Å²) in [5, 5.41) is 10.5. The molecule has 0 aliphatic heterocycles. The molecule has 68 valence electrons. The SMILES string of the molecule is CCCCCC(C)c1cn[nH]n1. The van der Waals surface area contributed by atoms with Crippen LogP contribution in [-0.2, 0) is 0 Å². The highest BCUT2D eigenvalue weighted by Crippen LogP contribution is 2.18. The highest BCUT2D eigenvalue weighted by Gasteiger charge is 2.06. The first kappa shape index (κ1) is 9.23. The Morgan fingerprint density at radius 1 is 1.50 bits per heavy atom. The van der Waals surface area contributed by atoms with Crippen LogP contribution in [0.25, 0.3) is 0 Å². The van der Waals surface area contributed by atoms with E-state index in [2.05, 4.69) is 29.3 Å². The van der Waals surface area contributed by atoms with E-state index in [4.69, 9.17) is 0 Å². The van der Waals surface area contributed by atoms with Gasteiger partial charge in [0.25, 0.3) is 0 Å². The second-order valence-electron chi connectivity index (χ2n) is 3.29. The number of aromatic amines is 1. The summed E-state index contributed by atoms with van der Waals surface area (Å²) in [6, 6.07) is 0. The zero-order chi connectivity index (χ0) is 8.81. The Morgan fingerprint density at radius 3 is 2.92 bits per heavy atom. The van der Waals surface area contributed by atoms with E-state index in [9.17, 15) is 0 Å². The first-order valence-electron chi connectivity index (χ1n) is 4.70. The van der Waals surface area contributed by atoms with E-state index in [1.54, 1.807) is 0 Å². The van der Waals surface area contributed by atoms with Crippen LogP contribution in [0.15, 0.2) is 6.20 Å². The molecule has 0 aliphatic rings. The molecule has 0 amide bonds. The molecular weight excluding hydrogens is 150 g/mol. The smallest absolute Gasteiger partial charge is 0.0852 e. The highest BCUT2D eigenvalue weighted by molar-refractivity contribution is 4.98. The third-order valence-corrected chi connectivity index (χ3v) is 2.18. The van der Waals surface area contributed by atoms with E-state index >= 15 is 0 Å². The zero-order valence-electron chi connectivity index (χ0n) is 7.88. The third kappa shape index (κ3) is 2.64. The quantitative estimate of drug-likeness (QED) is 0.684. The molecule has 0 fully saturated rings. The molecule has 0 bridgehead atoms. The van der Waals surface area contributed by atoms with Crippen LogP contribution < -0.4 is 0 Å². The molecule has 0 aliphatic carbocycles. The Kier molecular flexibility index (Phi) is 3.77. The van der Waals surface area contributed by atoms with E-state index in [1.165, 1.54) is 25.7 Å². The Bertz CT molecular complexity index is 194. The van der Waals surface area contributed by atoms with Gasteiger partial charge in [-0.25, -0.2) is 0 Å². The monoisotopic (exact) mass is 167 g/mol. The molecule has 3 heteroatoms. The van der Waals surface area contributed by atoms with Crippen LogP contribution in [0.1, 0.15) is 51.1 Å². The van der Waals surface area contributed by atoms with Gasteiger partial charge < -0.3 is 0 Å². The number of nitrogens with zero attached hydrogens (tertiary/aromatic N) is 2. The van der Waals surface area contributed by atoms with Gasteiger partial charge in [-0.3, -0.25) is 0 Å². The lowest BCUT2D eigenvalue weighted by molar-refractivity contribution is 0.587. The van der Waals surface area contributed by atoms with Crippen molar-refractivity contribution < 1.29 is 0 Å². The van der Waals surface area contributed by atoms with Crippen LogP contribution in [-0.4, -0.2) is 15.4 Å². The van der Waals surface area contributed by atoms with Crippen molar-refractivity contribution in [1.29, 1.82) is 0 Å². The maximum Gasteiger partial charge on any atom is 0.0852 e. The van der Waals surface area contributed by atoms with Crippen LogP contribution in [0.4, 0.5) is 0 Å². The Labute approximate surface area is 73.6 Å². The van der Waals surface area contributed by atoms with E-state index in [-0.39, 0.29) is 0 Å². The number of unbranched alkanes of at least 4 members (excludes halogenated alkanes) is 2. The maximum atomic E-state index is 4.06. The second kappa shape index (κ2) is 4.91. The van der Waals surface area contributed by atoms with Crippen molar-refractivity contribution in [2.75, 3.05) is 0 Å². The number of nitrogens with one attached hydrogen (secondary N) is 1. The van der Waals surface area contributed by atoms with Gasteiger partial charge in [-0.2, -0.15) is 15.4 Å². The van der Waals surface area contributed by atoms with Crippen LogP contribution in [0.5, 0.6) is 0 Å². The van der Waals surface area contributed by atoms with Crippen molar-refractivity contribution in [3.05, 3.63) is 11.9 Å². The molecule has 0 saturated heterocycles. The average molecular weight is 167 g/mol. The minimum absolute atomic E-state index is 0.551. The van der Waals surface area contributed by atoms with Gasteiger partial charge in [-0.05, 0) is 6.42 Å². The maximum absolute atomic E-state index is 4.06. The summed E-state index contributed by atoms with van der Waals surface area (Å²) in [4.78, 5) is 0. The van der Waals surface area contributed by atoms with E-state index in [0.717, 1.165) is 5.69 Å². The second-order valence-corrected chi connectivity index (χ2v) is 3.29. The van der Waals surface area contributed by atoms with Gasteiger partial charge in [0.05, 0.1) is 11.9 Å². The standard InChI is InChI=1S/C9H17N3/c1-3-4-5-6-8(2)9-7-10-12-11-9/h7-8H,3-6H2,1-2H3,(H,10,11,12). The molecule has 1 heterocycles. The van der Waals surface area contributed by atoms with Crippen molar-refractivity contribution in [2.45, 2.75) is 45.4 Å². The summed E-state index contributed by atoms with van der Waals surface area (Å²) in [6.45, 7) is 4.42. The van der Waals surface area contributed by atoms with Crippen molar-refractivity contribution >= 4 is 0 Å². The largest absolute Gasteiger partial charge is 0.198 e. The van der Waals surface area contributed by atoms with Crippen LogP contribution in [0, 0.1) is 0 Å². The summed E-state index contributed by atoms with van der Waals surface area (Å²) in [5.41, 5.74) is 1.09. The van der Waals surface area contributed by atoms with E-state index in [1.807, 2.05) is 6.20 Å². The minimum atomic E-state index is 0.551. The number of rotatable bonds is 5. The molecule has 0 aromatic carbocycles. The molecule has 0 saturated carbocycles. The molecule has 1 atom stereocenters. The van der Waals surface area contributed by atoms with Crippen molar-refractivity contribution in [2.24, 2.45) is 0 Å². The lowest BCUT2D eigenvalue weighted by Crippen LogP contribution is -1.93. The Balaban J connectivity index is 2.25. The predicted molar refractivity (Wildman–Crippen MR) is 48.9 cm³/mol. The summed E-state index contributed by atoms with van der Waals surface area (Å²) in [5.74, 6) is 0.551. The van der Waals surface area contributed by atoms with Gasteiger partial charge in [-0.1, -0.05) is 33.1 Å². The molecular formula is C9H17N3. The van der Waals surface area contributed by atoms with E-state index in [0.29, 0.717) is 5.92 Å². The summed E-state index contributed by atoms with van der Waals surface area (Å²) < 4.78 is 0. The van der Waals surface area contributed by atoms with Crippen molar-refractivity contribution in [3.63, 3.8) is 0 Å². The molecule has 1 unspecified atom stereocenters. The summed E-state index contributed by atoms with van der Waals surface area (Å²) in [6.07, 6.45) is 6.94. The highest BCUT2D eigenvalue weighted by atomic mass is 15.3. The Hall–Kier alpha value is -0.860. The van der Waals surface area contributed by atoms with Crippen molar-refractivity contribution in [3.8, 4) is 0 Å². The van der Waals surface area contributed by atoms with Gasteiger partial charge in [0.2, 0.25) is 0 Å². The van der Waals surface area contributed by atoms with Crippen LogP contribution >= 0.6 is 0 Å². The topological polar surface area (TPSA) is 41.6 Å². The minimum Gasteiger partial charge on any atom is -0.198 e. The van der Waals surface area contributed by atoms with Gasteiger partial charge in [0.15, 0.2) is 0 Å². The number of hydrogen-bond donors (Lipinski definition) is 1. The predicted octanol–water partition coefficient (Wildman–Crippen LogP) is 2.49. The Morgan fingerprint density at radius 2 is 2.33 bits per heavy atom. The molecule has 1 aromatic heterocycles. The molecule has 3 nitrogen and oxygen atoms in total. The van der Waals surface area contributed by atoms with E-state index < -0.39 is 0 Å². The molecule has 1 rings (SSSR count). The molecule has 1 aromatic rings. The molecule has 0 spiro atoms. The summed E-state index contributed by atoms with van der Waals surface area (Å²) in [7, 11) is 0. The van der Waals surface area contributed by atoms with Gasteiger partial charge >= 0.3 is 0 Å². The molecule has 1 N–H and O–H groups in total. The lowest BCUT2D eigenvalue weighted by Gasteiger charge is -2.05. The number of aromatic nitrogens is 3. The normalized spacial score (nSPS) is 13.2. The van der Waals surface area contributed by atoms with Crippen LogP contribution in [0.2, 0.25) is 0 Å². The molecule has 0 radical (unpaired) electrons. The van der Waals surface area contributed by atoms with Gasteiger partial charge in [0, 0.05) is 5.92 Å². The third-order valence-electron chi connectivity index (χ3n) is 2.18. The van der Waals surface area contributed by atoms with Gasteiger partial charge in [-0.15, -0.1) is 0 Å². The summed E-state index contributed by atoms with van der Waals surface area (Å²) >= 11 is 0. The fraction of sp³-hybridized carbons (Fsp3) is 0.778. The first-order valence-corrected chi connectivity index (χ1v) is 4.70. The van der Waals surface area contributed by atoms with Crippen LogP contribution in [0.3, 0.4) is 0 Å². The number of H-pyrrole nitrogens is 1. The number of hydrogen-bond acceptors (Lipinski definition) is 2. The average Bonchev–Trinajstić information content (AvgIpc) is 2.56. The first-order chi connectivity index (χ1) is 5.84. The zero-order valence-corrected chi connectivity index (χ0v) is 7.88. The van der Waals surface area contributed by atoms with Gasteiger partial charge in [0.1, 0.15) is 0 Å². The fourth-order valence-corrected chi connectivity index (χ4v) is 1.30.